The molecular weight excluding hydrogens is 496 g/mol. The maximum absolute atomic E-state index is 13.3. The average molecular weight is 527 g/mol. The van der Waals surface area contributed by atoms with Crippen molar-refractivity contribution in [2.45, 2.75) is 19.5 Å². The number of thiophene rings is 1. The molecule has 0 amide bonds. The Morgan fingerprint density at radius 1 is 1.22 bits per heavy atom. The first-order valence-corrected chi connectivity index (χ1v) is 12.8. The number of benzene rings is 1. The van der Waals surface area contributed by atoms with E-state index < -0.39 is 0 Å². The highest BCUT2D eigenvalue weighted by molar-refractivity contribution is 7.18. The molecule has 2 aliphatic heterocycles. The number of hydrogen-bond acceptors (Lipinski definition) is 7. The van der Waals surface area contributed by atoms with Gasteiger partial charge < -0.3 is 19.5 Å². The Morgan fingerprint density at radius 3 is 2.86 bits per heavy atom. The molecule has 0 aliphatic carbocycles. The third-order valence-corrected chi connectivity index (χ3v) is 8.33. The van der Waals surface area contributed by atoms with Crippen molar-refractivity contribution in [1.29, 1.82) is 0 Å². The van der Waals surface area contributed by atoms with E-state index in [0.29, 0.717) is 6.54 Å². The molecule has 6 rings (SSSR count). The fourth-order valence-electron chi connectivity index (χ4n) is 5.20. The standard InChI is InChI=1S/C26H30N6O2S.ClH/c1-29-8-6-18-23(14-29)35-25-24(18)26(33)32(16-28-25)11-10-31-9-7-21(27-15-31)20-13-30(2)22-5-4-17(34-3)12-19(20)22;/h4-5,7,12-13,16,27H,6,8-11,14-15H2,1-3H3;1H. The lowest BCUT2D eigenvalue weighted by Crippen LogP contribution is -2.40. The number of nitrogens with zero attached hydrogens (tertiary/aromatic N) is 5. The lowest BCUT2D eigenvalue weighted by molar-refractivity contribution is 0.272. The van der Waals surface area contributed by atoms with Crippen molar-refractivity contribution in [2.24, 2.45) is 7.05 Å². The molecule has 1 N–H and O–H groups in total. The molecule has 0 atom stereocenters. The molecule has 0 fully saturated rings. The number of hydrogen-bond donors (Lipinski definition) is 1. The van der Waals surface area contributed by atoms with Gasteiger partial charge in [0.1, 0.15) is 10.6 Å². The minimum Gasteiger partial charge on any atom is -0.497 e. The largest absolute Gasteiger partial charge is 0.497 e. The fraction of sp³-hybridized carbons (Fsp3) is 0.385. The van der Waals surface area contributed by atoms with E-state index >= 15 is 0 Å². The van der Waals surface area contributed by atoms with Gasteiger partial charge in [-0.3, -0.25) is 14.3 Å². The molecule has 3 aromatic heterocycles. The van der Waals surface area contributed by atoms with Gasteiger partial charge in [-0.15, -0.1) is 23.7 Å². The number of rotatable bonds is 5. The van der Waals surface area contributed by atoms with E-state index in [2.05, 4.69) is 63.2 Å². The fourth-order valence-corrected chi connectivity index (χ4v) is 6.46. The van der Waals surface area contributed by atoms with Gasteiger partial charge in [0.2, 0.25) is 0 Å². The first-order valence-electron chi connectivity index (χ1n) is 12.0. The van der Waals surface area contributed by atoms with E-state index in [1.807, 2.05) is 6.07 Å². The van der Waals surface area contributed by atoms with Crippen LogP contribution in [0.4, 0.5) is 0 Å². The number of aromatic nitrogens is 3. The molecule has 0 radical (unpaired) electrons. The van der Waals surface area contributed by atoms with E-state index in [1.54, 1.807) is 29.3 Å². The second-order valence-corrected chi connectivity index (χ2v) is 10.6. The van der Waals surface area contributed by atoms with E-state index in [9.17, 15) is 4.79 Å². The Bertz CT molecular complexity index is 1520. The summed E-state index contributed by atoms with van der Waals surface area (Å²) in [5, 5.41) is 5.59. The summed E-state index contributed by atoms with van der Waals surface area (Å²) in [6.07, 6.45) is 7.04. The first kappa shape index (κ1) is 24.8. The van der Waals surface area contributed by atoms with Crippen LogP contribution in [0.15, 0.2) is 41.6 Å². The molecular formula is C26H31ClN6O2S. The quantitative estimate of drug-likeness (QED) is 0.430. The van der Waals surface area contributed by atoms with Gasteiger partial charge in [-0.25, -0.2) is 4.98 Å². The van der Waals surface area contributed by atoms with Crippen molar-refractivity contribution in [1.82, 2.24) is 29.2 Å². The summed E-state index contributed by atoms with van der Waals surface area (Å²) in [5.74, 6) is 0.859. The monoisotopic (exact) mass is 526 g/mol. The molecule has 0 saturated heterocycles. The minimum atomic E-state index is 0. The zero-order valence-electron chi connectivity index (χ0n) is 20.8. The third-order valence-electron chi connectivity index (χ3n) is 7.21. The predicted molar refractivity (Wildman–Crippen MR) is 148 cm³/mol. The van der Waals surface area contributed by atoms with Gasteiger partial charge in [0.25, 0.3) is 5.56 Å². The summed E-state index contributed by atoms with van der Waals surface area (Å²) in [5.41, 5.74) is 4.81. The SMILES string of the molecule is COc1ccc2c(c1)c(C1=CCN(CCn3cnc4sc5c(c4c3=O)CCN(C)C5)CN1)cn2C.Cl. The van der Waals surface area contributed by atoms with Crippen LogP contribution in [0.1, 0.15) is 16.0 Å². The van der Waals surface area contributed by atoms with Crippen LogP contribution in [0, 0.1) is 0 Å². The van der Waals surface area contributed by atoms with E-state index in [1.165, 1.54) is 26.9 Å². The third kappa shape index (κ3) is 4.30. The summed E-state index contributed by atoms with van der Waals surface area (Å²) >= 11 is 1.67. The second-order valence-electron chi connectivity index (χ2n) is 9.48. The average Bonchev–Trinajstić information content (AvgIpc) is 3.41. The summed E-state index contributed by atoms with van der Waals surface area (Å²) < 4.78 is 9.37. The zero-order chi connectivity index (χ0) is 24.1. The predicted octanol–water partition coefficient (Wildman–Crippen LogP) is 3.27. The molecule has 0 bridgehead atoms. The van der Waals surface area contributed by atoms with Crippen LogP contribution in [-0.2, 0) is 26.6 Å². The summed E-state index contributed by atoms with van der Waals surface area (Å²) in [7, 11) is 5.90. The van der Waals surface area contributed by atoms with E-state index in [0.717, 1.165) is 60.9 Å². The lowest BCUT2D eigenvalue weighted by Gasteiger charge is -2.28. The number of ether oxygens (including phenoxy) is 1. The Kier molecular flexibility index (Phi) is 6.82. The molecule has 0 saturated carbocycles. The molecule has 8 nitrogen and oxygen atoms in total. The van der Waals surface area contributed by atoms with E-state index in [-0.39, 0.29) is 18.0 Å². The van der Waals surface area contributed by atoms with Crippen LogP contribution in [0.3, 0.4) is 0 Å². The highest BCUT2D eigenvalue weighted by Crippen LogP contribution is 2.32. The highest BCUT2D eigenvalue weighted by atomic mass is 35.5. The molecule has 5 heterocycles. The Hall–Kier alpha value is -2.85. The zero-order valence-corrected chi connectivity index (χ0v) is 22.4. The smallest absolute Gasteiger partial charge is 0.262 e. The highest BCUT2D eigenvalue weighted by Gasteiger charge is 2.22. The number of fused-ring (bicyclic) bond motifs is 4. The van der Waals surface area contributed by atoms with Gasteiger partial charge in [-0.2, -0.15) is 0 Å². The first-order chi connectivity index (χ1) is 17.0. The normalized spacial score (nSPS) is 16.5. The van der Waals surface area contributed by atoms with Crippen LogP contribution < -0.4 is 15.6 Å². The Morgan fingerprint density at radius 2 is 2.08 bits per heavy atom. The van der Waals surface area contributed by atoms with Gasteiger partial charge >= 0.3 is 0 Å². The summed E-state index contributed by atoms with van der Waals surface area (Å²) in [6, 6.07) is 6.18. The molecule has 36 heavy (non-hydrogen) atoms. The Labute approximate surface area is 220 Å². The van der Waals surface area contributed by atoms with Crippen LogP contribution in [0.2, 0.25) is 0 Å². The second kappa shape index (κ2) is 9.89. The topological polar surface area (TPSA) is 67.6 Å². The van der Waals surface area contributed by atoms with E-state index in [4.69, 9.17) is 4.74 Å². The van der Waals surface area contributed by atoms with Gasteiger partial charge in [0.15, 0.2) is 0 Å². The molecule has 0 spiro atoms. The van der Waals surface area contributed by atoms with Crippen molar-refractivity contribution >= 4 is 50.6 Å². The maximum atomic E-state index is 13.3. The number of methoxy groups -OCH3 is 1. The summed E-state index contributed by atoms with van der Waals surface area (Å²) in [6.45, 7) is 4.87. The summed E-state index contributed by atoms with van der Waals surface area (Å²) in [4.78, 5) is 24.7. The Balaban J connectivity index is 0.00000267. The van der Waals surface area contributed by atoms with Gasteiger partial charge in [-0.1, -0.05) is 0 Å². The van der Waals surface area contributed by atoms with Crippen LogP contribution in [-0.4, -0.2) is 64.4 Å². The van der Waals surface area contributed by atoms with Crippen LogP contribution in [0.5, 0.6) is 5.75 Å². The van der Waals surface area contributed by atoms with Crippen molar-refractivity contribution in [3.63, 3.8) is 0 Å². The minimum absolute atomic E-state index is 0. The van der Waals surface area contributed by atoms with Crippen molar-refractivity contribution in [3.8, 4) is 5.75 Å². The van der Waals surface area contributed by atoms with Gasteiger partial charge in [0.05, 0.1) is 25.5 Å². The number of likely N-dealkylation sites (N-methyl/N-ethyl adjacent to an activating group) is 1. The molecule has 190 valence electrons. The lowest BCUT2D eigenvalue weighted by atomic mass is 10.1. The van der Waals surface area contributed by atoms with Crippen molar-refractivity contribution < 1.29 is 4.74 Å². The number of aryl methyl sites for hydroxylation is 1. The number of nitrogens with one attached hydrogen (secondary N) is 1. The van der Waals surface area contributed by atoms with Crippen molar-refractivity contribution in [2.75, 3.05) is 40.5 Å². The van der Waals surface area contributed by atoms with Crippen molar-refractivity contribution in [3.05, 3.63) is 63.2 Å². The van der Waals surface area contributed by atoms with Crippen LogP contribution in [0.25, 0.3) is 26.8 Å². The van der Waals surface area contributed by atoms with Gasteiger partial charge in [0, 0.05) is 73.0 Å². The van der Waals surface area contributed by atoms with Gasteiger partial charge in [-0.05, 0) is 43.3 Å². The molecule has 10 heteroatoms. The molecule has 0 unspecified atom stereocenters. The van der Waals surface area contributed by atoms with Crippen LogP contribution >= 0.6 is 23.7 Å². The molecule has 4 aromatic rings. The molecule has 1 aromatic carbocycles. The number of halogens is 1. The maximum Gasteiger partial charge on any atom is 0.262 e. The molecule has 2 aliphatic rings.